The molecule has 106 valence electrons. The fourth-order valence-corrected chi connectivity index (χ4v) is 2.85. The Balaban J connectivity index is 2.38. The molecule has 0 spiro atoms. The molecular weight excluding hydrogens is 286 g/mol. The number of nitrogens with one attached hydrogen (secondary N) is 1. The molecule has 2 rings (SSSR count). The van der Waals surface area contributed by atoms with Gasteiger partial charge in [-0.3, -0.25) is 4.72 Å². The third-order valence-corrected chi connectivity index (χ3v) is 4.08. The number of benzene rings is 2. The molecule has 0 aliphatic heterocycles. The van der Waals surface area contributed by atoms with Crippen molar-refractivity contribution in [3.8, 4) is 0 Å². The zero-order chi connectivity index (χ0) is 14.9. The van der Waals surface area contributed by atoms with Gasteiger partial charge in [-0.05, 0) is 36.8 Å². The van der Waals surface area contributed by atoms with Gasteiger partial charge in [-0.15, -0.1) is 0 Å². The minimum Gasteiger partial charge on any atom is -0.398 e. The van der Waals surface area contributed by atoms with Gasteiger partial charge in [0.1, 0.15) is 4.90 Å². The Bertz CT molecular complexity index is 761. The first-order chi connectivity index (χ1) is 9.29. The third kappa shape index (κ3) is 2.88. The van der Waals surface area contributed by atoms with Crippen LogP contribution < -0.4 is 10.5 Å². The molecule has 0 bridgehead atoms. The average Bonchev–Trinajstić information content (AvgIpc) is 2.33. The van der Waals surface area contributed by atoms with E-state index in [0.717, 1.165) is 23.8 Å². The minimum absolute atomic E-state index is 0.0797. The molecule has 0 fully saturated rings. The highest BCUT2D eigenvalue weighted by Gasteiger charge is 2.18. The van der Waals surface area contributed by atoms with Crippen LogP contribution in [0.2, 0.25) is 0 Å². The van der Waals surface area contributed by atoms with Crippen molar-refractivity contribution in [2.75, 3.05) is 10.5 Å². The van der Waals surface area contributed by atoms with Gasteiger partial charge in [-0.1, -0.05) is 6.07 Å². The van der Waals surface area contributed by atoms with Crippen LogP contribution in [0.15, 0.2) is 41.3 Å². The molecule has 0 aromatic heterocycles. The highest BCUT2D eigenvalue weighted by Crippen LogP contribution is 2.23. The molecule has 2 aromatic carbocycles. The van der Waals surface area contributed by atoms with Crippen LogP contribution in [-0.2, 0) is 10.0 Å². The molecule has 4 nitrogen and oxygen atoms in total. The molecule has 3 N–H and O–H groups in total. The lowest BCUT2D eigenvalue weighted by molar-refractivity contribution is 0.509. The molecule has 0 aliphatic rings. The molecule has 0 radical (unpaired) electrons. The van der Waals surface area contributed by atoms with Gasteiger partial charge in [0.2, 0.25) is 0 Å². The van der Waals surface area contributed by atoms with Crippen LogP contribution in [-0.4, -0.2) is 8.42 Å². The monoisotopic (exact) mass is 298 g/mol. The summed E-state index contributed by atoms with van der Waals surface area (Å²) in [6.07, 6.45) is 0. The first kappa shape index (κ1) is 14.3. The van der Waals surface area contributed by atoms with E-state index in [2.05, 4.69) is 4.72 Å². The zero-order valence-electron chi connectivity index (χ0n) is 10.5. The predicted octanol–water partition coefficient (Wildman–Crippen LogP) is 2.66. The van der Waals surface area contributed by atoms with Crippen LogP contribution >= 0.6 is 0 Å². The van der Waals surface area contributed by atoms with Crippen molar-refractivity contribution in [1.82, 2.24) is 0 Å². The molecule has 7 heteroatoms. The van der Waals surface area contributed by atoms with Crippen LogP contribution in [0.3, 0.4) is 0 Å². The van der Waals surface area contributed by atoms with Crippen molar-refractivity contribution < 1.29 is 17.2 Å². The first-order valence-corrected chi connectivity index (χ1v) is 7.12. The number of anilines is 2. The quantitative estimate of drug-likeness (QED) is 0.856. The maximum Gasteiger partial charge on any atom is 0.263 e. The first-order valence-electron chi connectivity index (χ1n) is 5.63. The van der Waals surface area contributed by atoms with E-state index in [1.165, 1.54) is 12.1 Å². The maximum absolute atomic E-state index is 13.1. The summed E-state index contributed by atoms with van der Waals surface area (Å²) in [7, 11) is -3.95. The van der Waals surface area contributed by atoms with Gasteiger partial charge >= 0.3 is 0 Å². The van der Waals surface area contributed by atoms with E-state index in [4.69, 9.17) is 5.73 Å². The average molecular weight is 298 g/mol. The number of rotatable bonds is 3. The molecule has 0 atom stereocenters. The molecule has 0 unspecified atom stereocenters. The van der Waals surface area contributed by atoms with Crippen molar-refractivity contribution in [1.29, 1.82) is 0 Å². The largest absolute Gasteiger partial charge is 0.398 e. The SMILES string of the molecule is Cc1ccc(S(=O)(=O)Nc2ccc(F)c(F)c2)c(N)c1. The standard InChI is InChI=1S/C13H12F2N2O2S/c1-8-2-5-13(12(16)6-8)20(18,19)17-9-3-4-10(14)11(15)7-9/h2-7,17H,16H2,1H3. The molecule has 0 saturated heterocycles. The molecule has 0 aliphatic carbocycles. The van der Waals surface area contributed by atoms with Gasteiger partial charge < -0.3 is 5.73 Å². The summed E-state index contributed by atoms with van der Waals surface area (Å²) >= 11 is 0. The van der Waals surface area contributed by atoms with Crippen molar-refractivity contribution in [2.45, 2.75) is 11.8 Å². The van der Waals surface area contributed by atoms with Crippen molar-refractivity contribution in [3.05, 3.63) is 53.6 Å². The Labute approximate surface area is 115 Å². The highest BCUT2D eigenvalue weighted by atomic mass is 32.2. The Kier molecular flexibility index (Phi) is 3.63. The van der Waals surface area contributed by atoms with Gasteiger partial charge in [-0.2, -0.15) is 0 Å². The highest BCUT2D eigenvalue weighted by molar-refractivity contribution is 7.92. The summed E-state index contributed by atoms with van der Waals surface area (Å²) in [5, 5.41) is 0. The van der Waals surface area contributed by atoms with E-state index in [1.54, 1.807) is 13.0 Å². The number of sulfonamides is 1. The van der Waals surface area contributed by atoms with Gasteiger partial charge in [0.05, 0.1) is 11.4 Å². The van der Waals surface area contributed by atoms with Crippen LogP contribution in [0.5, 0.6) is 0 Å². The zero-order valence-corrected chi connectivity index (χ0v) is 11.3. The summed E-state index contributed by atoms with van der Waals surface area (Å²) in [6, 6.07) is 7.19. The van der Waals surface area contributed by atoms with Crippen molar-refractivity contribution in [3.63, 3.8) is 0 Å². The molecule has 0 heterocycles. The Morgan fingerprint density at radius 1 is 1.05 bits per heavy atom. The van der Waals surface area contributed by atoms with Gasteiger partial charge in [0, 0.05) is 6.07 Å². The Morgan fingerprint density at radius 2 is 1.75 bits per heavy atom. The third-order valence-electron chi connectivity index (χ3n) is 2.63. The van der Waals surface area contributed by atoms with Crippen LogP contribution in [0.1, 0.15) is 5.56 Å². The summed E-state index contributed by atoms with van der Waals surface area (Å²) in [6.45, 7) is 1.77. The fraction of sp³-hybridized carbons (Fsp3) is 0.0769. The van der Waals surface area contributed by atoms with Gasteiger partial charge in [0.25, 0.3) is 10.0 Å². The second-order valence-electron chi connectivity index (χ2n) is 4.28. The van der Waals surface area contributed by atoms with E-state index >= 15 is 0 Å². The summed E-state index contributed by atoms with van der Waals surface area (Å²) in [4.78, 5) is -0.118. The van der Waals surface area contributed by atoms with E-state index in [-0.39, 0.29) is 16.3 Å². The summed E-state index contributed by atoms with van der Waals surface area (Å²) in [5.74, 6) is -2.19. The van der Waals surface area contributed by atoms with Crippen molar-refractivity contribution in [2.24, 2.45) is 0 Å². The van der Waals surface area contributed by atoms with Gasteiger partial charge in [-0.25, -0.2) is 17.2 Å². The van der Waals surface area contributed by atoms with Crippen LogP contribution in [0.25, 0.3) is 0 Å². The number of nitrogen functional groups attached to an aromatic ring is 1. The lowest BCUT2D eigenvalue weighted by Gasteiger charge is -2.10. The second kappa shape index (κ2) is 5.09. The Hall–Kier alpha value is -2.15. The number of nitrogens with two attached hydrogens (primary N) is 1. The number of hydrogen-bond donors (Lipinski definition) is 2. The molecule has 0 saturated carbocycles. The molecule has 0 amide bonds. The minimum atomic E-state index is -3.95. The molecule has 2 aromatic rings. The van der Waals surface area contributed by atoms with Gasteiger partial charge in [0.15, 0.2) is 11.6 Å². The number of aryl methyl sites for hydroxylation is 1. The fourth-order valence-electron chi connectivity index (χ4n) is 1.68. The normalized spacial score (nSPS) is 11.3. The molecular formula is C13H12F2N2O2S. The lowest BCUT2D eigenvalue weighted by atomic mass is 10.2. The topological polar surface area (TPSA) is 72.2 Å². The van der Waals surface area contributed by atoms with Crippen LogP contribution in [0.4, 0.5) is 20.2 Å². The molecule has 20 heavy (non-hydrogen) atoms. The van der Waals surface area contributed by atoms with E-state index in [1.807, 2.05) is 0 Å². The Morgan fingerprint density at radius 3 is 2.35 bits per heavy atom. The summed E-state index contributed by atoms with van der Waals surface area (Å²) in [5.41, 5.74) is 6.48. The second-order valence-corrected chi connectivity index (χ2v) is 5.93. The van der Waals surface area contributed by atoms with Crippen LogP contribution in [0, 0.1) is 18.6 Å². The van der Waals surface area contributed by atoms with Crippen molar-refractivity contribution >= 4 is 21.4 Å². The lowest BCUT2D eigenvalue weighted by Crippen LogP contribution is -2.15. The van der Waals surface area contributed by atoms with E-state index in [9.17, 15) is 17.2 Å². The maximum atomic E-state index is 13.1. The summed E-state index contributed by atoms with van der Waals surface area (Å²) < 4.78 is 52.2. The van der Waals surface area contributed by atoms with E-state index in [0.29, 0.717) is 0 Å². The predicted molar refractivity (Wildman–Crippen MR) is 72.8 cm³/mol. The van der Waals surface area contributed by atoms with E-state index < -0.39 is 21.7 Å². The number of halogens is 2. The number of hydrogen-bond acceptors (Lipinski definition) is 3. The smallest absolute Gasteiger partial charge is 0.263 e.